The van der Waals surface area contributed by atoms with Crippen LogP contribution in [0.4, 0.5) is 0 Å². The highest BCUT2D eigenvalue weighted by atomic mass is 16.4. The number of carbonyl (C=O) groups excluding carboxylic acids is 7. The number of carboxylic acid groups (broad SMARTS) is 2. The molecule has 0 aliphatic rings. The Bertz CT molecular complexity index is 803. The summed E-state index contributed by atoms with van der Waals surface area (Å²) in [4.78, 5) is 82.1. The van der Waals surface area contributed by atoms with E-state index in [0.29, 0.717) is 6.42 Å². The lowest BCUT2D eigenvalue weighted by Gasteiger charge is -2.28. The number of primary amides is 2. The predicted octanol–water partition coefficient (Wildman–Crippen LogP) is -6.87. The van der Waals surface area contributed by atoms with E-state index in [-0.39, 0.29) is 0 Å². The first-order chi connectivity index (χ1) is 15.7. The van der Waals surface area contributed by atoms with Gasteiger partial charge >= 0.3 is 0 Å². The number of nitrogens with two attached hydrogens (primary N) is 2. The summed E-state index contributed by atoms with van der Waals surface area (Å²) in [5.41, 5.74) is 13.5. The van der Waals surface area contributed by atoms with E-state index >= 15 is 0 Å². The fraction of sp³-hybridized carbons (Fsp3) is 0.632. The molecule has 15 nitrogen and oxygen atoms in total. The molecule has 0 heterocycles. The molecule has 0 saturated carbocycles. The Morgan fingerprint density at radius 2 is 1.32 bits per heavy atom. The van der Waals surface area contributed by atoms with E-state index in [2.05, 4.69) is 21.7 Å². The van der Waals surface area contributed by atoms with Crippen molar-refractivity contribution in [1.29, 1.82) is 0 Å². The lowest BCUT2D eigenvalue weighted by molar-refractivity contribution is -0.402. The summed E-state index contributed by atoms with van der Waals surface area (Å²) >= 11 is 0. The first-order valence-electron chi connectivity index (χ1n) is 10.4. The molecule has 0 saturated heterocycles. The van der Waals surface area contributed by atoms with Gasteiger partial charge in [0.2, 0.25) is 23.6 Å². The summed E-state index contributed by atoms with van der Waals surface area (Å²) in [6.07, 6.45) is -1.95. The SMILES string of the molecule is CC[C@H](C)[C@H](NC(=O)[C@H](CC(N)=O)NC(=O)[C@H](CCC(=O)[O-])NC(=O)[C@@H]([NH3+])CC(N)=O)C(=O)[O-]. The molecule has 0 radical (unpaired) electrons. The third-order valence-corrected chi connectivity index (χ3v) is 4.89. The lowest BCUT2D eigenvalue weighted by Crippen LogP contribution is -2.70. The number of carbonyl (C=O) groups is 7. The van der Waals surface area contributed by atoms with Crippen LogP contribution in [0.2, 0.25) is 0 Å². The molecule has 0 aliphatic carbocycles. The van der Waals surface area contributed by atoms with Gasteiger partial charge in [-0.05, 0) is 18.8 Å². The Labute approximate surface area is 195 Å². The average Bonchev–Trinajstić information content (AvgIpc) is 2.72. The van der Waals surface area contributed by atoms with Crippen LogP contribution in [0.5, 0.6) is 0 Å². The summed E-state index contributed by atoms with van der Waals surface area (Å²) in [7, 11) is 0. The first kappa shape index (κ1) is 30.2. The number of carboxylic acids is 2. The van der Waals surface area contributed by atoms with Gasteiger partial charge in [-0.25, -0.2) is 0 Å². The van der Waals surface area contributed by atoms with E-state index in [0.717, 1.165) is 0 Å². The average molecular weight is 487 g/mol. The molecular weight excluding hydrogens is 456 g/mol. The number of quaternary nitrogens is 1. The molecule has 5 amide bonds. The standard InChI is InChI=1S/C19H32N6O9/c1-3-8(2)15(19(33)34)25-18(32)11(7-13(22)27)24-17(31)10(4-5-14(28)29)23-16(30)9(20)6-12(21)26/h8-11,15H,3-7,20H2,1-2H3,(H2,21,26)(H2,22,27)(H,23,30)(H,24,31)(H,25,32)(H,28,29)(H,33,34)/p-1/t8-,9-,10-,11-,15-/m0/s1. The van der Waals surface area contributed by atoms with Crippen molar-refractivity contribution >= 4 is 41.5 Å². The quantitative estimate of drug-likeness (QED) is 0.120. The summed E-state index contributed by atoms with van der Waals surface area (Å²) in [6.45, 7) is 3.21. The maximum Gasteiger partial charge on any atom is 0.279 e. The van der Waals surface area contributed by atoms with E-state index in [9.17, 15) is 43.8 Å². The molecule has 10 N–H and O–H groups in total. The summed E-state index contributed by atoms with van der Waals surface area (Å²) in [5.74, 6) is -8.55. The third-order valence-electron chi connectivity index (χ3n) is 4.89. The second kappa shape index (κ2) is 14.4. The van der Waals surface area contributed by atoms with Crippen LogP contribution in [0.3, 0.4) is 0 Å². The number of rotatable bonds is 16. The van der Waals surface area contributed by atoms with Crippen LogP contribution >= 0.6 is 0 Å². The van der Waals surface area contributed by atoms with Gasteiger partial charge < -0.3 is 53.0 Å². The molecule has 0 bridgehead atoms. The highest BCUT2D eigenvalue weighted by Crippen LogP contribution is 2.08. The van der Waals surface area contributed by atoms with Gasteiger partial charge in [0.15, 0.2) is 6.04 Å². The van der Waals surface area contributed by atoms with Crippen molar-refractivity contribution < 1.29 is 49.5 Å². The van der Waals surface area contributed by atoms with Gasteiger partial charge in [0.1, 0.15) is 12.1 Å². The molecule has 0 aromatic heterocycles. The number of nitrogens with one attached hydrogen (secondary N) is 3. The van der Waals surface area contributed by atoms with E-state index in [1.807, 2.05) is 0 Å². The Morgan fingerprint density at radius 3 is 1.76 bits per heavy atom. The van der Waals surface area contributed by atoms with Crippen molar-refractivity contribution in [2.75, 3.05) is 0 Å². The Kier molecular flexibility index (Phi) is 12.8. The van der Waals surface area contributed by atoms with Gasteiger partial charge in [0, 0.05) is 5.97 Å². The van der Waals surface area contributed by atoms with Gasteiger partial charge in [0.25, 0.3) is 5.91 Å². The Hall–Kier alpha value is -3.75. The van der Waals surface area contributed by atoms with E-state index in [1.54, 1.807) is 6.92 Å². The van der Waals surface area contributed by atoms with E-state index < -0.39 is 97.2 Å². The monoisotopic (exact) mass is 487 g/mol. The minimum atomic E-state index is -1.64. The number of amides is 5. The largest absolute Gasteiger partial charge is 0.550 e. The third kappa shape index (κ3) is 11.2. The fourth-order valence-electron chi connectivity index (χ4n) is 2.76. The first-order valence-corrected chi connectivity index (χ1v) is 10.4. The molecule has 0 rings (SSSR count). The molecule has 0 aromatic rings. The van der Waals surface area contributed by atoms with E-state index in [4.69, 9.17) is 11.5 Å². The molecule has 5 atom stereocenters. The van der Waals surface area contributed by atoms with Crippen molar-refractivity contribution in [2.24, 2.45) is 17.4 Å². The van der Waals surface area contributed by atoms with Crippen LogP contribution in [0.25, 0.3) is 0 Å². The van der Waals surface area contributed by atoms with Crippen LogP contribution in [-0.4, -0.2) is 65.6 Å². The van der Waals surface area contributed by atoms with Crippen LogP contribution < -0.4 is 43.4 Å². The van der Waals surface area contributed by atoms with Crippen molar-refractivity contribution in [2.45, 2.75) is 70.1 Å². The summed E-state index contributed by atoms with van der Waals surface area (Å²) in [5, 5.41) is 28.7. The van der Waals surface area contributed by atoms with Crippen molar-refractivity contribution in [3.05, 3.63) is 0 Å². The molecule has 0 unspecified atom stereocenters. The highest BCUT2D eigenvalue weighted by Gasteiger charge is 2.31. The molecular formula is C19H31N6O9-. The number of aliphatic carboxylic acids is 2. The fourth-order valence-corrected chi connectivity index (χ4v) is 2.76. The Morgan fingerprint density at radius 1 is 0.824 bits per heavy atom. The van der Waals surface area contributed by atoms with Crippen LogP contribution in [-0.2, 0) is 33.6 Å². The zero-order valence-electron chi connectivity index (χ0n) is 19.0. The molecule has 0 aromatic carbocycles. The van der Waals surface area contributed by atoms with Crippen LogP contribution in [0, 0.1) is 5.92 Å². The highest BCUT2D eigenvalue weighted by molar-refractivity contribution is 5.96. The normalized spacial score (nSPS) is 15.0. The van der Waals surface area contributed by atoms with Gasteiger partial charge in [-0.3, -0.25) is 24.0 Å². The molecule has 34 heavy (non-hydrogen) atoms. The number of hydrogen-bond acceptors (Lipinski definition) is 9. The van der Waals surface area contributed by atoms with Crippen LogP contribution in [0.1, 0.15) is 46.0 Å². The zero-order valence-corrected chi connectivity index (χ0v) is 19.0. The topological polar surface area (TPSA) is 281 Å². The maximum atomic E-state index is 12.7. The van der Waals surface area contributed by atoms with Crippen molar-refractivity contribution in [1.82, 2.24) is 16.0 Å². The lowest BCUT2D eigenvalue weighted by atomic mass is 9.98. The summed E-state index contributed by atoms with van der Waals surface area (Å²) < 4.78 is 0. The number of hydrogen-bond donors (Lipinski definition) is 6. The Balaban J connectivity index is 5.64. The van der Waals surface area contributed by atoms with Crippen LogP contribution in [0.15, 0.2) is 0 Å². The minimum Gasteiger partial charge on any atom is -0.550 e. The van der Waals surface area contributed by atoms with Crippen molar-refractivity contribution in [3.63, 3.8) is 0 Å². The maximum absolute atomic E-state index is 12.7. The second-order valence-electron chi connectivity index (χ2n) is 7.76. The van der Waals surface area contributed by atoms with Gasteiger partial charge in [-0.1, -0.05) is 20.3 Å². The van der Waals surface area contributed by atoms with Gasteiger partial charge in [-0.2, -0.15) is 0 Å². The molecule has 0 aliphatic heterocycles. The van der Waals surface area contributed by atoms with Gasteiger partial charge in [0.05, 0.1) is 24.9 Å². The van der Waals surface area contributed by atoms with Crippen molar-refractivity contribution in [3.8, 4) is 0 Å². The smallest absolute Gasteiger partial charge is 0.279 e. The van der Waals surface area contributed by atoms with E-state index in [1.165, 1.54) is 6.92 Å². The predicted molar refractivity (Wildman–Crippen MR) is 109 cm³/mol. The second-order valence-corrected chi connectivity index (χ2v) is 7.76. The molecule has 15 heteroatoms. The van der Waals surface area contributed by atoms with Gasteiger partial charge in [-0.15, -0.1) is 0 Å². The molecule has 0 spiro atoms. The molecule has 192 valence electrons. The minimum absolute atomic E-state index is 0.362. The molecule has 0 fully saturated rings. The summed E-state index contributed by atoms with van der Waals surface area (Å²) in [6, 6.07) is -5.80. The zero-order chi connectivity index (χ0) is 26.6.